The van der Waals surface area contributed by atoms with E-state index in [2.05, 4.69) is 0 Å². The standard InChI is InChI=1S/C16H30O9/c1-23-9-3-7(5-17)8(12(19)13(9)20)4-10-14(21)15(22)16(24-2)11(6-18)25-10/h7-22H,3-6H2,1-2H3. The third-order valence-electron chi connectivity index (χ3n) is 5.59. The van der Waals surface area contributed by atoms with Gasteiger partial charge in [0.2, 0.25) is 0 Å². The smallest absolute Gasteiger partial charge is 0.114 e. The zero-order valence-electron chi connectivity index (χ0n) is 14.5. The minimum absolute atomic E-state index is 0.102. The molecule has 1 aliphatic heterocycles. The molecule has 2 fully saturated rings. The zero-order chi connectivity index (χ0) is 18.7. The Kier molecular flexibility index (Phi) is 7.56. The maximum atomic E-state index is 10.4. The van der Waals surface area contributed by atoms with E-state index in [1.54, 1.807) is 0 Å². The van der Waals surface area contributed by atoms with E-state index in [-0.39, 0.29) is 18.9 Å². The number of hydrogen-bond donors (Lipinski definition) is 6. The van der Waals surface area contributed by atoms with Crippen LogP contribution in [0.1, 0.15) is 12.8 Å². The second kappa shape index (κ2) is 9.03. The monoisotopic (exact) mass is 366 g/mol. The van der Waals surface area contributed by atoms with Crippen LogP contribution < -0.4 is 0 Å². The Morgan fingerprint density at radius 3 is 2.04 bits per heavy atom. The van der Waals surface area contributed by atoms with Crippen LogP contribution in [0.4, 0.5) is 0 Å². The molecule has 0 aromatic rings. The molecule has 9 nitrogen and oxygen atoms in total. The molecule has 0 radical (unpaired) electrons. The Hall–Kier alpha value is -0.360. The van der Waals surface area contributed by atoms with Crippen molar-refractivity contribution in [1.29, 1.82) is 0 Å². The van der Waals surface area contributed by atoms with Crippen molar-refractivity contribution in [1.82, 2.24) is 0 Å². The van der Waals surface area contributed by atoms with Crippen molar-refractivity contribution in [2.75, 3.05) is 27.4 Å². The molecule has 1 saturated heterocycles. The van der Waals surface area contributed by atoms with Gasteiger partial charge in [0.1, 0.15) is 30.5 Å². The van der Waals surface area contributed by atoms with Gasteiger partial charge in [0.25, 0.3) is 0 Å². The van der Waals surface area contributed by atoms with Crippen molar-refractivity contribution in [2.24, 2.45) is 11.8 Å². The highest BCUT2D eigenvalue weighted by molar-refractivity contribution is 4.98. The van der Waals surface area contributed by atoms with Gasteiger partial charge in [-0.3, -0.25) is 0 Å². The van der Waals surface area contributed by atoms with Crippen molar-refractivity contribution >= 4 is 0 Å². The maximum absolute atomic E-state index is 10.4. The van der Waals surface area contributed by atoms with Gasteiger partial charge in [0.15, 0.2) is 0 Å². The lowest BCUT2D eigenvalue weighted by Gasteiger charge is -2.46. The molecule has 0 amide bonds. The Labute approximate surface area is 146 Å². The molecular formula is C16H30O9. The Bertz CT molecular complexity index is 405. The van der Waals surface area contributed by atoms with E-state index < -0.39 is 61.4 Å². The molecule has 0 aromatic heterocycles. The first kappa shape index (κ1) is 20.9. The molecule has 148 valence electrons. The van der Waals surface area contributed by atoms with Gasteiger partial charge < -0.3 is 44.8 Å². The zero-order valence-corrected chi connectivity index (χ0v) is 14.5. The van der Waals surface area contributed by atoms with Gasteiger partial charge in [-0.2, -0.15) is 0 Å². The number of methoxy groups -OCH3 is 2. The molecule has 0 bridgehead atoms. The lowest BCUT2D eigenvalue weighted by molar-refractivity contribution is -0.245. The molecule has 1 heterocycles. The predicted molar refractivity (Wildman–Crippen MR) is 84.7 cm³/mol. The average molecular weight is 366 g/mol. The Morgan fingerprint density at radius 1 is 0.840 bits per heavy atom. The first-order valence-electron chi connectivity index (χ1n) is 8.54. The summed E-state index contributed by atoms with van der Waals surface area (Å²) in [4.78, 5) is 0. The van der Waals surface area contributed by atoms with Gasteiger partial charge in [-0.05, 0) is 24.7 Å². The number of aliphatic hydroxyl groups is 6. The fraction of sp³-hybridized carbons (Fsp3) is 1.00. The van der Waals surface area contributed by atoms with Crippen LogP contribution in [-0.2, 0) is 14.2 Å². The molecule has 0 spiro atoms. The van der Waals surface area contributed by atoms with Crippen LogP contribution in [0.15, 0.2) is 0 Å². The van der Waals surface area contributed by atoms with E-state index in [0.717, 1.165) is 0 Å². The van der Waals surface area contributed by atoms with E-state index in [4.69, 9.17) is 14.2 Å². The van der Waals surface area contributed by atoms with Crippen LogP contribution in [0.2, 0.25) is 0 Å². The Balaban J connectivity index is 2.13. The van der Waals surface area contributed by atoms with Crippen LogP contribution in [0, 0.1) is 11.8 Å². The summed E-state index contributed by atoms with van der Waals surface area (Å²) >= 11 is 0. The van der Waals surface area contributed by atoms with Crippen molar-refractivity contribution < 1.29 is 44.8 Å². The molecule has 1 saturated carbocycles. The third kappa shape index (κ3) is 4.15. The molecule has 1 aliphatic carbocycles. The molecule has 6 N–H and O–H groups in total. The van der Waals surface area contributed by atoms with Gasteiger partial charge in [0, 0.05) is 20.8 Å². The molecule has 2 aliphatic rings. The fourth-order valence-corrected chi connectivity index (χ4v) is 4.06. The van der Waals surface area contributed by atoms with Crippen LogP contribution >= 0.6 is 0 Å². The van der Waals surface area contributed by atoms with E-state index in [9.17, 15) is 30.6 Å². The average Bonchev–Trinajstić information content (AvgIpc) is 2.62. The quantitative estimate of drug-likeness (QED) is 0.294. The predicted octanol–water partition coefficient (Wildman–Crippen LogP) is -2.76. The van der Waals surface area contributed by atoms with Gasteiger partial charge >= 0.3 is 0 Å². The number of hydrogen-bond acceptors (Lipinski definition) is 9. The topological polar surface area (TPSA) is 149 Å². The SMILES string of the molecule is COC1CC(CO)C(CC2OC(CO)C(OC)C(O)C2O)C(O)C1O. The third-order valence-corrected chi connectivity index (χ3v) is 5.59. The minimum atomic E-state index is -1.28. The normalized spacial score (nSPS) is 48.5. The van der Waals surface area contributed by atoms with Gasteiger partial charge in [-0.25, -0.2) is 0 Å². The van der Waals surface area contributed by atoms with Crippen molar-refractivity contribution in [3.8, 4) is 0 Å². The van der Waals surface area contributed by atoms with Crippen LogP contribution in [0.25, 0.3) is 0 Å². The number of rotatable bonds is 6. The second-order valence-corrected chi connectivity index (χ2v) is 6.91. The Morgan fingerprint density at radius 2 is 1.52 bits per heavy atom. The minimum Gasteiger partial charge on any atom is -0.396 e. The summed E-state index contributed by atoms with van der Waals surface area (Å²) in [6, 6.07) is 0. The first-order valence-corrected chi connectivity index (χ1v) is 8.54. The van der Waals surface area contributed by atoms with Gasteiger partial charge in [-0.1, -0.05) is 0 Å². The molecule has 10 atom stereocenters. The van der Waals surface area contributed by atoms with Gasteiger partial charge in [0.05, 0.1) is 24.9 Å². The fourth-order valence-electron chi connectivity index (χ4n) is 4.06. The van der Waals surface area contributed by atoms with Crippen molar-refractivity contribution in [3.63, 3.8) is 0 Å². The van der Waals surface area contributed by atoms with Crippen molar-refractivity contribution in [3.05, 3.63) is 0 Å². The second-order valence-electron chi connectivity index (χ2n) is 6.91. The highest BCUT2D eigenvalue weighted by atomic mass is 16.6. The van der Waals surface area contributed by atoms with E-state index in [0.29, 0.717) is 6.42 Å². The molecular weight excluding hydrogens is 336 g/mol. The lowest BCUT2D eigenvalue weighted by atomic mass is 9.71. The summed E-state index contributed by atoms with van der Waals surface area (Å²) in [5.41, 5.74) is 0. The highest BCUT2D eigenvalue weighted by Crippen LogP contribution is 2.37. The number of aliphatic hydroxyl groups excluding tert-OH is 6. The molecule has 25 heavy (non-hydrogen) atoms. The molecule has 9 heteroatoms. The summed E-state index contributed by atoms with van der Waals surface area (Å²) in [5.74, 6) is -0.916. The van der Waals surface area contributed by atoms with E-state index in [1.807, 2.05) is 0 Å². The van der Waals surface area contributed by atoms with Crippen LogP contribution in [-0.4, -0.2) is 107 Å². The van der Waals surface area contributed by atoms with Crippen LogP contribution in [0.3, 0.4) is 0 Å². The summed E-state index contributed by atoms with van der Waals surface area (Å²) in [6.45, 7) is -0.617. The summed E-state index contributed by atoms with van der Waals surface area (Å²) in [6.07, 6.45) is -7.53. The largest absolute Gasteiger partial charge is 0.396 e. The molecule has 10 unspecified atom stereocenters. The number of ether oxygens (including phenoxy) is 3. The summed E-state index contributed by atoms with van der Waals surface area (Å²) in [5, 5.41) is 60.2. The highest BCUT2D eigenvalue weighted by Gasteiger charge is 2.49. The van der Waals surface area contributed by atoms with Crippen molar-refractivity contribution in [2.45, 2.75) is 61.7 Å². The molecule has 0 aromatic carbocycles. The first-order chi connectivity index (χ1) is 11.9. The summed E-state index contributed by atoms with van der Waals surface area (Å²) < 4.78 is 15.9. The van der Waals surface area contributed by atoms with E-state index in [1.165, 1.54) is 14.2 Å². The molecule has 2 rings (SSSR count). The van der Waals surface area contributed by atoms with E-state index >= 15 is 0 Å². The summed E-state index contributed by atoms with van der Waals surface area (Å²) in [7, 11) is 2.78. The van der Waals surface area contributed by atoms with Crippen LogP contribution in [0.5, 0.6) is 0 Å². The lowest BCUT2D eigenvalue weighted by Crippen LogP contribution is -2.61. The maximum Gasteiger partial charge on any atom is 0.114 e. The van der Waals surface area contributed by atoms with Gasteiger partial charge in [-0.15, -0.1) is 0 Å².